The Bertz CT molecular complexity index is 1710. The number of hydrogen-bond acceptors (Lipinski definition) is 7. The number of methoxy groups -OCH3 is 1. The van der Waals surface area contributed by atoms with Crippen LogP contribution in [0.1, 0.15) is 121 Å². The molecule has 294 valence electrons. The van der Waals surface area contributed by atoms with Crippen LogP contribution < -0.4 is 10.6 Å². The molecule has 7 rings (SSSR count). The van der Waals surface area contributed by atoms with Gasteiger partial charge in [0.2, 0.25) is 11.8 Å². The summed E-state index contributed by atoms with van der Waals surface area (Å²) in [5.74, 6) is 2.05. The Hall–Kier alpha value is -4.19. The lowest BCUT2D eigenvalue weighted by Gasteiger charge is -2.53. The molecule has 3 aromatic rings. The third-order valence-corrected chi connectivity index (χ3v) is 12.7. The molecule has 2 aromatic heterocycles. The van der Waals surface area contributed by atoms with Crippen LogP contribution >= 0.6 is 0 Å². The number of H-pyrrole nitrogens is 2. The predicted octanol–water partition coefficient (Wildman–Crippen LogP) is 6.41. The first kappa shape index (κ1) is 39.5. The van der Waals surface area contributed by atoms with Gasteiger partial charge in [-0.25, -0.2) is 14.8 Å². The van der Waals surface area contributed by atoms with Gasteiger partial charge in [0.1, 0.15) is 17.7 Å². The highest BCUT2D eigenvalue weighted by molar-refractivity contribution is 5.86. The molecule has 3 heterocycles. The van der Waals surface area contributed by atoms with Gasteiger partial charge in [-0.15, -0.1) is 0 Å². The fourth-order valence-electron chi connectivity index (χ4n) is 9.50. The number of nitrogens with zero attached hydrogens (tertiary/aromatic N) is 4. The Morgan fingerprint density at radius 2 is 1.61 bits per heavy atom. The van der Waals surface area contributed by atoms with Crippen molar-refractivity contribution in [3.63, 3.8) is 0 Å². The van der Waals surface area contributed by atoms with E-state index in [4.69, 9.17) is 9.72 Å². The molecule has 0 spiro atoms. The molecule has 4 N–H and O–H groups in total. The van der Waals surface area contributed by atoms with Crippen LogP contribution in [0.3, 0.4) is 0 Å². The minimum Gasteiger partial charge on any atom is -0.453 e. The minimum absolute atomic E-state index is 0.0664. The Morgan fingerprint density at radius 1 is 0.926 bits per heavy atom. The van der Waals surface area contributed by atoms with Crippen molar-refractivity contribution in [2.45, 2.75) is 127 Å². The number of alkyl carbamates (subject to hydrolysis) is 1. The average molecular weight is 743 g/mol. The van der Waals surface area contributed by atoms with Gasteiger partial charge in [-0.3, -0.25) is 14.5 Å². The van der Waals surface area contributed by atoms with Crippen LogP contribution in [0.4, 0.5) is 4.79 Å². The summed E-state index contributed by atoms with van der Waals surface area (Å²) in [6.45, 7) is 9.36. The zero-order valence-electron chi connectivity index (χ0n) is 33.5. The average Bonchev–Trinajstić information content (AvgIpc) is 3.96. The number of unbranched alkanes of at least 4 members (excludes halogenated alkanes) is 1. The van der Waals surface area contributed by atoms with E-state index < -0.39 is 12.1 Å². The maximum absolute atomic E-state index is 13.6. The first-order valence-electron chi connectivity index (χ1n) is 20.2. The third-order valence-electron chi connectivity index (χ3n) is 12.7. The highest BCUT2D eigenvalue weighted by Crippen LogP contribution is 2.58. The number of rotatable bonds is 15. The van der Waals surface area contributed by atoms with Crippen LogP contribution in [0.15, 0.2) is 36.7 Å². The number of carbonyl (C=O) groups is 3. The van der Waals surface area contributed by atoms with E-state index in [0.717, 1.165) is 93.5 Å². The first-order valence-corrected chi connectivity index (χ1v) is 20.2. The largest absolute Gasteiger partial charge is 0.453 e. The molecule has 4 aliphatic rings. The molecule has 3 atom stereocenters. The Morgan fingerprint density at radius 3 is 2.24 bits per heavy atom. The standard InChI is InChI=1S/C42H62N8O4/c1-27(2)35(48-40(53)54-7)39(52)50-24-10-11-32(50)37-45-26-33(47-37)42-20-17-41(18-21-42,19-22-42)30-15-13-29(14-16-30)31-25-44-34(46-31)12-8-9-23-43-38(51)36(28(3)4)49(5)6/h13-16,25-28,32,35-36H,8-12,17-24H2,1-7H3,(H,43,51)(H,44,46)(H,45,47)(H,48,53). The number of likely N-dealkylation sites (tertiary alicyclic amines) is 1. The quantitative estimate of drug-likeness (QED) is 0.132. The van der Waals surface area contributed by atoms with Crippen molar-refractivity contribution < 1.29 is 19.1 Å². The number of aryl methyl sites for hydroxylation is 1. The van der Waals surface area contributed by atoms with Crippen molar-refractivity contribution in [2.24, 2.45) is 11.8 Å². The summed E-state index contributed by atoms with van der Waals surface area (Å²) in [4.78, 5) is 58.9. The van der Waals surface area contributed by atoms with E-state index in [2.05, 4.69) is 63.7 Å². The maximum Gasteiger partial charge on any atom is 0.407 e. The lowest BCUT2D eigenvalue weighted by atomic mass is 9.51. The second-order valence-electron chi connectivity index (χ2n) is 17.0. The molecule has 3 unspecified atom stereocenters. The summed E-state index contributed by atoms with van der Waals surface area (Å²) >= 11 is 0. The van der Waals surface area contributed by atoms with Crippen molar-refractivity contribution >= 4 is 17.9 Å². The van der Waals surface area contributed by atoms with Crippen LogP contribution in [0.5, 0.6) is 0 Å². The Kier molecular flexibility index (Phi) is 12.2. The van der Waals surface area contributed by atoms with E-state index >= 15 is 0 Å². The van der Waals surface area contributed by atoms with E-state index in [1.807, 2.05) is 50.1 Å². The monoisotopic (exact) mass is 742 g/mol. The molecule has 1 aliphatic heterocycles. The van der Waals surface area contributed by atoms with Gasteiger partial charge in [0, 0.05) is 36.8 Å². The van der Waals surface area contributed by atoms with Crippen molar-refractivity contribution in [1.82, 2.24) is 40.4 Å². The normalized spacial score (nSPS) is 23.6. The molecule has 3 saturated carbocycles. The number of benzene rings is 1. The number of ether oxygens (including phenoxy) is 1. The number of aromatic amines is 2. The molecule has 12 heteroatoms. The molecule has 0 radical (unpaired) electrons. The van der Waals surface area contributed by atoms with Crippen LogP contribution in [0.25, 0.3) is 11.3 Å². The molecule has 1 saturated heterocycles. The van der Waals surface area contributed by atoms with Gasteiger partial charge < -0.3 is 30.2 Å². The van der Waals surface area contributed by atoms with Gasteiger partial charge in [0.15, 0.2) is 0 Å². The van der Waals surface area contributed by atoms with Gasteiger partial charge >= 0.3 is 6.09 Å². The highest BCUT2D eigenvalue weighted by atomic mass is 16.5. The second kappa shape index (κ2) is 16.7. The fourth-order valence-corrected chi connectivity index (χ4v) is 9.50. The maximum atomic E-state index is 13.6. The molecule has 12 nitrogen and oxygen atoms in total. The number of carbonyl (C=O) groups excluding carboxylic acids is 3. The molecule has 1 aromatic carbocycles. The first-order chi connectivity index (χ1) is 25.9. The second-order valence-corrected chi connectivity index (χ2v) is 17.0. The number of likely N-dealkylation sites (N-methyl/N-ethyl adjacent to an activating group) is 1. The summed E-state index contributed by atoms with van der Waals surface area (Å²) in [5.41, 5.74) is 5.12. The number of hydrogen-bond donors (Lipinski definition) is 4. The smallest absolute Gasteiger partial charge is 0.407 e. The topological polar surface area (TPSA) is 148 Å². The van der Waals surface area contributed by atoms with E-state index in [0.29, 0.717) is 13.1 Å². The zero-order chi connectivity index (χ0) is 38.6. The summed E-state index contributed by atoms with van der Waals surface area (Å²) in [6, 6.07) is 8.26. The molecule has 2 bridgehead atoms. The molecule has 3 aliphatic carbocycles. The van der Waals surface area contributed by atoms with Crippen molar-refractivity contribution in [3.05, 3.63) is 59.6 Å². The van der Waals surface area contributed by atoms with Crippen LogP contribution in [-0.4, -0.2) is 94.0 Å². The lowest BCUT2D eigenvalue weighted by Crippen LogP contribution is -2.51. The number of fused-ring (bicyclic) bond motifs is 3. The van der Waals surface area contributed by atoms with E-state index in [9.17, 15) is 14.4 Å². The summed E-state index contributed by atoms with van der Waals surface area (Å²) in [6.07, 6.45) is 14.6. The lowest BCUT2D eigenvalue weighted by molar-refractivity contribution is -0.135. The van der Waals surface area contributed by atoms with Crippen LogP contribution in [0, 0.1) is 11.8 Å². The minimum atomic E-state index is -0.643. The van der Waals surface area contributed by atoms with E-state index in [-0.39, 0.29) is 46.6 Å². The van der Waals surface area contributed by atoms with Gasteiger partial charge in [0.25, 0.3) is 0 Å². The van der Waals surface area contributed by atoms with Crippen LogP contribution in [0.2, 0.25) is 0 Å². The molecular formula is C42H62N8O4. The Labute approximate surface area is 321 Å². The molecule has 3 amide bonds. The van der Waals surface area contributed by atoms with Gasteiger partial charge in [0.05, 0.1) is 31.1 Å². The zero-order valence-corrected chi connectivity index (χ0v) is 33.5. The molecule has 54 heavy (non-hydrogen) atoms. The summed E-state index contributed by atoms with van der Waals surface area (Å²) in [7, 11) is 5.23. The van der Waals surface area contributed by atoms with Crippen LogP contribution in [-0.2, 0) is 31.6 Å². The Balaban J connectivity index is 1.02. The van der Waals surface area contributed by atoms with E-state index in [1.54, 1.807) is 0 Å². The van der Waals surface area contributed by atoms with Gasteiger partial charge in [-0.1, -0.05) is 52.0 Å². The number of amides is 3. The number of nitrogens with one attached hydrogen (secondary N) is 4. The fraction of sp³-hybridized carbons (Fsp3) is 0.643. The SMILES string of the molecule is COC(=O)NC(C(=O)N1CCCC1c1ncc(C23CCC(c4ccc(-c5cnc(CCCCNC(=O)C(C(C)C)N(C)C)[nH]5)cc4)(CC2)CC3)[nH]1)C(C)C. The molecular weight excluding hydrogens is 681 g/mol. The number of imidazole rings is 2. The van der Waals surface area contributed by atoms with Crippen molar-refractivity contribution in [2.75, 3.05) is 34.3 Å². The summed E-state index contributed by atoms with van der Waals surface area (Å²) in [5, 5.41) is 5.85. The van der Waals surface area contributed by atoms with Gasteiger partial charge in [-0.05, 0) is 107 Å². The van der Waals surface area contributed by atoms with Crippen molar-refractivity contribution in [3.8, 4) is 11.3 Å². The summed E-state index contributed by atoms with van der Waals surface area (Å²) < 4.78 is 4.79. The number of aromatic nitrogens is 4. The van der Waals surface area contributed by atoms with Gasteiger partial charge in [-0.2, -0.15) is 0 Å². The molecule has 4 fully saturated rings. The highest BCUT2D eigenvalue weighted by Gasteiger charge is 2.51. The predicted molar refractivity (Wildman–Crippen MR) is 210 cm³/mol. The van der Waals surface area contributed by atoms with Crippen molar-refractivity contribution in [1.29, 1.82) is 0 Å². The third kappa shape index (κ3) is 8.23. The van der Waals surface area contributed by atoms with E-state index in [1.165, 1.54) is 18.4 Å².